The average molecular weight is 638 g/mol. The summed E-state index contributed by atoms with van der Waals surface area (Å²) < 4.78 is 7.20. The number of amides is 2. The fraction of sp³-hybridized carbons (Fsp3) is 0.409. The molecule has 2 aliphatic rings. The van der Waals surface area contributed by atoms with E-state index in [-0.39, 0.29) is 41.5 Å². The smallest absolute Gasteiger partial charge is 0.352 e. The second-order valence-corrected chi connectivity index (χ2v) is 11.7. The van der Waals surface area contributed by atoms with Crippen LogP contribution in [0.4, 0.5) is 10.9 Å². The number of carboxylic acid groups (broad SMARTS) is 2. The van der Waals surface area contributed by atoms with Crippen LogP contribution in [0.15, 0.2) is 27.6 Å². The van der Waals surface area contributed by atoms with E-state index in [4.69, 9.17) is 27.8 Å². The summed E-state index contributed by atoms with van der Waals surface area (Å²) in [6, 6.07) is -1.13. The van der Waals surface area contributed by atoms with Gasteiger partial charge in [0, 0.05) is 22.9 Å². The number of anilines is 2. The summed E-state index contributed by atoms with van der Waals surface area (Å²) in [6.07, 6.45) is 1.68. The third-order valence-corrected chi connectivity index (χ3v) is 8.32. The van der Waals surface area contributed by atoms with Crippen LogP contribution in [0.1, 0.15) is 25.2 Å². The molecule has 2 amide bonds. The first kappa shape index (κ1) is 31.0. The number of fused-ring (bicyclic) bond motifs is 1. The van der Waals surface area contributed by atoms with Crippen molar-refractivity contribution in [2.24, 2.45) is 28.7 Å². The highest BCUT2D eigenvalue weighted by Gasteiger charge is 2.55. The molecule has 0 radical (unpaired) electrons. The van der Waals surface area contributed by atoms with Crippen LogP contribution in [-0.2, 0) is 44.2 Å². The van der Waals surface area contributed by atoms with Crippen molar-refractivity contribution in [2.75, 3.05) is 17.2 Å². The Labute approximate surface area is 251 Å². The number of hydrogen-bond donors (Lipinski definition) is 7. The number of nitrogens with zero attached hydrogens (tertiary/aromatic N) is 7. The van der Waals surface area contributed by atoms with E-state index in [2.05, 4.69) is 24.8 Å². The Bertz CT molecular complexity index is 1590. The minimum absolute atomic E-state index is 0.00620. The lowest BCUT2D eigenvalue weighted by atomic mass is 10.0. The lowest BCUT2D eigenvalue weighted by Crippen LogP contribution is -2.71. The SMILES string of the molecule is Cn1c(N)c(CN=C(N)N)c[n+]1CC1=C(C(=O)O)N2C(=O)[C@@H](NC(=O)/C(=N\OC(C)(C)C(=O)O)c3nsc(N)n3)[C@H]2SC1. The molecule has 19 nitrogen and oxygen atoms in total. The molecule has 2 aromatic heterocycles. The lowest BCUT2D eigenvalue weighted by molar-refractivity contribution is -0.765. The Morgan fingerprint density at radius 2 is 1.98 bits per heavy atom. The van der Waals surface area contributed by atoms with E-state index < -0.39 is 46.5 Å². The molecule has 4 heterocycles. The van der Waals surface area contributed by atoms with Gasteiger partial charge in [0.05, 0.1) is 19.2 Å². The second-order valence-electron chi connectivity index (χ2n) is 9.82. The van der Waals surface area contributed by atoms with Crippen LogP contribution >= 0.6 is 23.3 Å². The lowest BCUT2D eigenvalue weighted by Gasteiger charge is -2.49. The number of carboxylic acids is 2. The number of β-lactam (4-membered cyclic amide) rings is 1. The number of carbonyl (C=O) groups excluding carboxylic acids is 2. The number of oxime groups is 1. The Morgan fingerprint density at radius 1 is 1.28 bits per heavy atom. The largest absolute Gasteiger partial charge is 0.478 e. The summed E-state index contributed by atoms with van der Waals surface area (Å²) in [5.41, 5.74) is 21.1. The number of nitrogens with two attached hydrogens (primary N) is 4. The van der Waals surface area contributed by atoms with Gasteiger partial charge in [-0.15, -0.1) is 21.1 Å². The summed E-state index contributed by atoms with van der Waals surface area (Å²) in [5, 5.41) is 24.8. The minimum Gasteiger partial charge on any atom is -0.478 e. The first-order chi connectivity index (χ1) is 20.1. The van der Waals surface area contributed by atoms with E-state index in [1.165, 1.54) is 25.6 Å². The van der Waals surface area contributed by atoms with E-state index >= 15 is 0 Å². The monoisotopic (exact) mass is 637 g/mol. The van der Waals surface area contributed by atoms with Gasteiger partial charge in [0.1, 0.15) is 17.1 Å². The molecule has 1 saturated heterocycles. The third-order valence-electron chi connectivity index (χ3n) is 6.44. The maximum absolute atomic E-state index is 13.2. The Balaban J connectivity index is 1.56. The summed E-state index contributed by atoms with van der Waals surface area (Å²) in [6.45, 7) is 2.64. The molecule has 1 fully saturated rings. The van der Waals surface area contributed by atoms with Crippen molar-refractivity contribution in [3.63, 3.8) is 0 Å². The number of guanidine groups is 1. The predicted octanol–water partition coefficient (Wildman–Crippen LogP) is -2.88. The molecular weight excluding hydrogens is 608 g/mol. The molecule has 4 rings (SSSR count). The summed E-state index contributed by atoms with van der Waals surface area (Å²) >= 11 is 2.00. The topological polar surface area (TPSA) is 297 Å². The molecule has 0 saturated carbocycles. The maximum Gasteiger partial charge on any atom is 0.352 e. The highest BCUT2D eigenvalue weighted by atomic mass is 32.2. The molecule has 43 heavy (non-hydrogen) atoms. The van der Waals surface area contributed by atoms with Crippen molar-refractivity contribution in [3.05, 3.63) is 28.9 Å². The standard InChI is InChI=1S/C22H28N12O7S2/c1-22(2,19(39)40)41-30-10(14-29-21(26)43-31-14)15(35)28-11-16(36)34-12(18(37)38)9(7-42-17(11)34)6-33-5-8(4-27-20(24)25)13(23)32(33)3/h5,11,17,23H,4,6-7H2,1-3H3,(H9,24,25,26,27,28,29,31,35,37,38,39,40)/p+1/b30-10-/t11-,17-/m1/s1. The quantitative estimate of drug-likeness (QED) is 0.0428. The fourth-order valence-corrected chi connectivity index (χ4v) is 5.82. The van der Waals surface area contributed by atoms with E-state index in [9.17, 15) is 29.4 Å². The van der Waals surface area contributed by atoms with Crippen molar-refractivity contribution in [3.8, 4) is 0 Å². The number of thioether (sulfide) groups is 1. The molecular formula is C22H29N12O7S2+. The predicted molar refractivity (Wildman–Crippen MR) is 153 cm³/mol. The van der Waals surface area contributed by atoms with Crippen molar-refractivity contribution in [1.82, 2.24) is 24.3 Å². The van der Waals surface area contributed by atoms with Crippen LogP contribution in [0.25, 0.3) is 0 Å². The molecule has 0 spiro atoms. The second kappa shape index (κ2) is 11.8. The van der Waals surface area contributed by atoms with Gasteiger partial charge in [0.25, 0.3) is 11.8 Å². The van der Waals surface area contributed by atoms with Gasteiger partial charge in [-0.25, -0.2) is 14.6 Å². The Kier molecular flexibility index (Phi) is 8.48. The van der Waals surface area contributed by atoms with Crippen LogP contribution in [0.5, 0.6) is 0 Å². The zero-order chi connectivity index (χ0) is 31.8. The molecule has 0 aromatic carbocycles. The zero-order valence-electron chi connectivity index (χ0n) is 23.0. The molecule has 2 aliphatic heterocycles. The van der Waals surface area contributed by atoms with Gasteiger partial charge < -0.3 is 43.3 Å². The summed E-state index contributed by atoms with van der Waals surface area (Å²) in [7, 11) is 1.68. The molecule has 0 bridgehead atoms. The fourth-order valence-electron chi connectivity index (χ4n) is 4.05. The van der Waals surface area contributed by atoms with Crippen LogP contribution in [0, 0.1) is 0 Å². The number of nitrogen functional groups attached to an aromatic ring is 2. The normalized spacial score (nSPS) is 18.5. The molecule has 0 aliphatic carbocycles. The number of aliphatic carboxylic acids is 2. The summed E-state index contributed by atoms with van der Waals surface area (Å²) in [5.74, 6) is -4.07. The molecule has 21 heteroatoms. The van der Waals surface area contributed by atoms with Gasteiger partial charge in [0.2, 0.25) is 23.3 Å². The van der Waals surface area contributed by atoms with Gasteiger partial charge in [-0.1, -0.05) is 5.16 Å². The van der Waals surface area contributed by atoms with Crippen LogP contribution < -0.4 is 32.9 Å². The Hall–Kier alpha value is -4.92. The number of aliphatic imine (C=N–C) groups is 1. The van der Waals surface area contributed by atoms with Gasteiger partial charge in [-0.05, 0) is 13.8 Å². The van der Waals surface area contributed by atoms with Crippen molar-refractivity contribution < 1.29 is 38.9 Å². The van der Waals surface area contributed by atoms with E-state index in [1.807, 2.05) is 0 Å². The first-order valence-electron chi connectivity index (χ1n) is 12.3. The van der Waals surface area contributed by atoms with E-state index in [0.29, 0.717) is 17.0 Å². The van der Waals surface area contributed by atoms with Gasteiger partial charge in [0.15, 0.2) is 23.5 Å². The number of hydrogen-bond acceptors (Lipinski definition) is 13. The van der Waals surface area contributed by atoms with Gasteiger partial charge >= 0.3 is 11.9 Å². The molecule has 2 aromatic rings. The highest BCUT2D eigenvalue weighted by molar-refractivity contribution is 8.00. The van der Waals surface area contributed by atoms with Crippen LogP contribution in [-0.4, -0.2) is 87.3 Å². The maximum atomic E-state index is 13.2. The van der Waals surface area contributed by atoms with Crippen molar-refractivity contribution >= 4 is 69.7 Å². The number of rotatable bonds is 11. The van der Waals surface area contributed by atoms with Crippen LogP contribution in [0.2, 0.25) is 0 Å². The van der Waals surface area contributed by atoms with Gasteiger partial charge in [-0.2, -0.15) is 9.36 Å². The van der Waals surface area contributed by atoms with Gasteiger partial charge in [-0.3, -0.25) is 14.5 Å². The molecule has 11 N–H and O–H groups in total. The first-order valence-corrected chi connectivity index (χ1v) is 14.1. The summed E-state index contributed by atoms with van der Waals surface area (Å²) in [4.78, 5) is 64.2. The Morgan fingerprint density at radius 3 is 2.56 bits per heavy atom. The van der Waals surface area contributed by atoms with Crippen molar-refractivity contribution in [1.29, 1.82) is 0 Å². The molecule has 2 atom stereocenters. The number of nitrogens with one attached hydrogen (secondary N) is 1. The third kappa shape index (κ3) is 6.16. The van der Waals surface area contributed by atoms with E-state index in [0.717, 1.165) is 16.4 Å². The number of aromatic nitrogens is 4. The highest BCUT2D eigenvalue weighted by Crippen LogP contribution is 2.40. The van der Waals surface area contributed by atoms with E-state index in [1.54, 1.807) is 22.6 Å². The molecule has 230 valence electrons. The zero-order valence-corrected chi connectivity index (χ0v) is 24.7. The average Bonchev–Trinajstić information content (AvgIpc) is 3.47. The molecule has 0 unspecified atom stereocenters. The van der Waals surface area contributed by atoms with Crippen molar-refractivity contribution in [2.45, 2.75) is 44.0 Å². The number of carbonyl (C=O) groups is 4. The minimum atomic E-state index is -1.81. The van der Waals surface area contributed by atoms with Crippen LogP contribution in [0.3, 0.4) is 0 Å².